The minimum Gasteiger partial charge on any atom is -0.485 e. The molecule has 0 aromatic heterocycles. The van der Waals surface area contributed by atoms with Crippen LogP contribution in [-0.2, 0) is 0 Å². The average Bonchev–Trinajstić information content (AvgIpc) is 2.39. The van der Waals surface area contributed by atoms with E-state index in [0.717, 1.165) is 12.1 Å². The van der Waals surface area contributed by atoms with E-state index in [1.165, 1.54) is 6.07 Å². The van der Waals surface area contributed by atoms with Crippen LogP contribution in [0.15, 0.2) is 42.5 Å². The van der Waals surface area contributed by atoms with Crippen molar-refractivity contribution in [1.29, 1.82) is 0 Å². The molecule has 0 aliphatic carbocycles. The minimum absolute atomic E-state index is 0.0564. The van der Waals surface area contributed by atoms with Gasteiger partial charge in [-0.25, -0.2) is 8.78 Å². The summed E-state index contributed by atoms with van der Waals surface area (Å²) in [5.74, 6) is -2.07. The molecule has 0 atom stereocenters. The zero-order valence-corrected chi connectivity index (χ0v) is 10.5. The summed E-state index contributed by atoms with van der Waals surface area (Å²) in [6.45, 7) is -0.272. The second kappa shape index (κ2) is 5.80. The van der Waals surface area contributed by atoms with Crippen molar-refractivity contribution in [3.05, 3.63) is 64.7 Å². The van der Waals surface area contributed by atoms with Crippen LogP contribution in [0.4, 0.5) is 8.78 Å². The Kier molecular flexibility index (Phi) is 4.12. The molecular formula is C14H9ClF2O2. The molecule has 5 heteroatoms. The molecule has 2 rings (SSSR count). The first-order chi connectivity index (χ1) is 9.06. The molecular weight excluding hydrogens is 274 g/mol. The number of hydrogen-bond donors (Lipinski definition) is 0. The summed E-state index contributed by atoms with van der Waals surface area (Å²) >= 11 is 5.76. The van der Waals surface area contributed by atoms with Crippen molar-refractivity contribution in [2.24, 2.45) is 0 Å². The number of ether oxygens (including phenoxy) is 1. The van der Waals surface area contributed by atoms with E-state index in [4.69, 9.17) is 16.3 Å². The quantitative estimate of drug-likeness (QED) is 0.796. The van der Waals surface area contributed by atoms with Crippen molar-refractivity contribution in [2.75, 3.05) is 6.61 Å². The maximum atomic E-state index is 13.0. The number of carbonyl (C=O) groups is 1. The lowest BCUT2D eigenvalue weighted by atomic mass is 10.1. The van der Waals surface area contributed by atoms with Gasteiger partial charge in [-0.3, -0.25) is 4.79 Å². The molecule has 0 heterocycles. The molecule has 0 bridgehead atoms. The van der Waals surface area contributed by atoms with Crippen molar-refractivity contribution in [2.45, 2.75) is 0 Å². The van der Waals surface area contributed by atoms with Crippen LogP contribution in [0.2, 0.25) is 5.02 Å². The highest BCUT2D eigenvalue weighted by Crippen LogP contribution is 2.17. The summed E-state index contributed by atoms with van der Waals surface area (Å²) in [5.41, 5.74) is 0.0564. The van der Waals surface area contributed by atoms with Crippen LogP contribution in [0.1, 0.15) is 10.4 Å². The van der Waals surface area contributed by atoms with Crippen molar-refractivity contribution in [3.63, 3.8) is 0 Å². The first-order valence-electron chi connectivity index (χ1n) is 5.43. The molecule has 0 fully saturated rings. The summed E-state index contributed by atoms with van der Waals surface area (Å²) < 4.78 is 30.9. The second-order valence-corrected chi connectivity index (χ2v) is 4.23. The van der Waals surface area contributed by atoms with Gasteiger partial charge in [-0.2, -0.15) is 0 Å². The standard InChI is InChI=1S/C14H9ClF2O2/c15-10-2-1-3-11(7-10)19-8-14(18)9-4-5-12(16)13(17)6-9/h1-7H,8H2. The van der Waals surface area contributed by atoms with Gasteiger partial charge in [0, 0.05) is 10.6 Å². The summed E-state index contributed by atoms with van der Waals surface area (Å²) in [6, 6.07) is 9.51. The zero-order chi connectivity index (χ0) is 13.8. The fourth-order valence-corrected chi connectivity index (χ4v) is 1.64. The Bertz CT molecular complexity index is 614. The number of carbonyl (C=O) groups excluding carboxylic acids is 1. The summed E-state index contributed by atoms with van der Waals surface area (Å²) in [4.78, 5) is 11.7. The molecule has 0 saturated carbocycles. The SMILES string of the molecule is O=C(COc1cccc(Cl)c1)c1ccc(F)c(F)c1. The predicted molar refractivity (Wildman–Crippen MR) is 67.6 cm³/mol. The molecule has 2 aromatic rings. The minimum atomic E-state index is -1.06. The van der Waals surface area contributed by atoms with Gasteiger partial charge in [-0.15, -0.1) is 0 Å². The largest absolute Gasteiger partial charge is 0.485 e. The van der Waals surface area contributed by atoms with Crippen LogP contribution in [0, 0.1) is 11.6 Å². The van der Waals surface area contributed by atoms with Crippen LogP contribution in [-0.4, -0.2) is 12.4 Å². The van der Waals surface area contributed by atoms with Gasteiger partial charge >= 0.3 is 0 Å². The highest BCUT2D eigenvalue weighted by atomic mass is 35.5. The third kappa shape index (κ3) is 3.51. The van der Waals surface area contributed by atoms with Gasteiger partial charge in [0.1, 0.15) is 5.75 Å². The Balaban J connectivity index is 2.03. The first-order valence-corrected chi connectivity index (χ1v) is 5.80. The van der Waals surface area contributed by atoms with Gasteiger partial charge in [0.05, 0.1) is 0 Å². The van der Waals surface area contributed by atoms with Gasteiger partial charge < -0.3 is 4.74 Å². The molecule has 98 valence electrons. The van der Waals surface area contributed by atoms with Crippen LogP contribution < -0.4 is 4.74 Å². The van der Waals surface area contributed by atoms with Gasteiger partial charge in [-0.05, 0) is 36.4 Å². The molecule has 0 N–H and O–H groups in total. The highest BCUT2D eigenvalue weighted by Gasteiger charge is 2.10. The molecule has 0 amide bonds. The van der Waals surface area contributed by atoms with E-state index in [2.05, 4.69) is 0 Å². The normalized spacial score (nSPS) is 10.3. The number of benzene rings is 2. The molecule has 0 aliphatic heterocycles. The van der Waals surface area contributed by atoms with Crippen molar-refractivity contribution >= 4 is 17.4 Å². The molecule has 0 saturated heterocycles. The van der Waals surface area contributed by atoms with Crippen molar-refractivity contribution in [1.82, 2.24) is 0 Å². The topological polar surface area (TPSA) is 26.3 Å². The summed E-state index contributed by atoms with van der Waals surface area (Å²) in [6.07, 6.45) is 0. The van der Waals surface area contributed by atoms with E-state index in [-0.39, 0.29) is 12.2 Å². The third-order valence-corrected chi connectivity index (χ3v) is 2.64. The van der Waals surface area contributed by atoms with Crippen LogP contribution in [0.25, 0.3) is 0 Å². The van der Waals surface area contributed by atoms with Gasteiger partial charge in [0.15, 0.2) is 24.0 Å². The van der Waals surface area contributed by atoms with Gasteiger partial charge in [0.25, 0.3) is 0 Å². The zero-order valence-electron chi connectivity index (χ0n) is 9.70. The van der Waals surface area contributed by atoms with Crippen LogP contribution in [0.3, 0.4) is 0 Å². The Morgan fingerprint density at radius 2 is 1.89 bits per heavy atom. The molecule has 0 spiro atoms. The summed E-state index contributed by atoms with van der Waals surface area (Å²) in [5, 5.41) is 0.484. The fraction of sp³-hybridized carbons (Fsp3) is 0.0714. The number of rotatable bonds is 4. The number of Topliss-reactive ketones (excluding diaryl/α,β-unsaturated/α-hetero) is 1. The summed E-state index contributed by atoms with van der Waals surface area (Å²) in [7, 11) is 0. The van der Waals surface area contributed by atoms with E-state index in [9.17, 15) is 13.6 Å². The number of ketones is 1. The highest BCUT2D eigenvalue weighted by molar-refractivity contribution is 6.30. The Labute approximate surface area is 113 Å². The Hall–Kier alpha value is -1.94. The molecule has 0 aliphatic rings. The second-order valence-electron chi connectivity index (χ2n) is 3.80. The van der Waals surface area contributed by atoms with Crippen molar-refractivity contribution < 1.29 is 18.3 Å². The van der Waals surface area contributed by atoms with Gasteiger partial charge in [-0.1, -0.05) is 17.7 Å². The molecule has 19 heavy (non-hydrogen) atoms. The number of hydrogen-bond acceptors (Lipinski definition) is 2. The molecule has 0 radical (unpaired) electrons. The maximum absolute atomic E-state index is 13.0. The maximum Gasteiger partial charge on any atom is 0.200 e. The Morgan fingerprint density at radius 1 is 1.11 bits per heavy atom. The van der Waals surface area contributed by atoms with Gasteiger partial charge in [0.2, 0.25) is 0 Å². The Morgan fingerprint density at radius 3 is 2.58 bits per heavy atom. The molecule has 0 unspecified atom stereocenters. The smallest absolute Gasteiger partial charge is 0.200 e. The van der Waals surface area contributed by atoms with E-state index in [1.807, 2.05) is 0 Å². The predicted octanol–water partition coefficient (Wildman–Crippen LogP) is 3.88. The number of halogens is 3. The van der Waals surface area contributed by atoms with Crippen molar-refractivity contribution in [3.8, 4) is 5.75 Å². The van der Waals surface area contributed by atoms with E-state index < -0.39 is 17.4 Å². The fourth-order valence-electron chi connectivity index (χ4n) is 1.46. The van der Waals surface area contributed by atoms with E-state index >= 15 is 0 Å². The van der Waals surface area contributed by atoms with Crippen LogP contribution >= 0.6 is 11.6 Å². The lowest BCUT2D eigenvalue weighted by molar-refractivity contribution is 0.0921. The molecule has 2 aromatic carbocycles. The molecule has 2 nitrogen and oxygen atoms in total. The van der Waals surface area contributed by atoms with E-state index in [0.29, 0.717) is 10.8 Å². The lowest BCUT2D eigenvalue weighted by Gasteiger charge is -2.06. The third-order valence-electron chi connectivity index (χ3n) is 2.41. The van der Waals surface area contributed by atoms with E-state index in [1.54, 1.807) is 24.3 Å². The average molecular weight is 283 g/mol. The monoisotopic (exact) mass is 282 g/mol. The lowest BCUT2D eigenvalue weighted by Crippen LogP contribution is -2.12. The van der Waals surface area contributed by atoms with Crippen LogP contribution in [0.5, 0.6) is 5.75 Å². The first kappa shape index (κ1) is 13.5.